The number of nitrogens with two attached hydrogens (primary N) is 1. The van der Waals surface area contributed by atoms with Crippen LogP contribution in [0, 0.1) is 5.82 Å². The lowest BCUT2D eigenvalue weighted by Gasteiger charge is -1.98. The SMILES string of the molecule is Nc1cccc(C=CCC=O)c1F. The molecule has 0 unspecified atom stereocenters. The van der Waals surface area contributed by atoms with Gasteiger partial charge in [-0.3, -0.25) is 0 Å². The molecule has 0 saturated carbocycles. The summed E-state index contributed by atoms with van der Waals surface area (Å²) in [4.78, 5) is 9.98. The molecule has 0 aliphatic rings. The molecule has 0 bridgehead atoms. The highest BCUT2D eigenvalue weighted by atomic mass is 19.1. The predicted molar refractivity (Wildman–Crippen MR) is 50.5 cm³/mol. The number of allylic oxidation sites excluding steroid dienone is 1. The first-order chi connectivity index (χ1) is 6.25. The lowest BCUT2D eigenvalue weighted by atomic mass is 10.1. The molecule has 1 aromatic carbocycles. The minimum atomic E-state index is -0.440. The number of nitrogen functional groups attached to an aromatic ring is 1. The average molecular weight is 179 g/mol. The molecular formula is C10H10FNO. The molecule has 3 heteroatoms. The Morgan fingerprint density at radius 3 is 2.92 bits per heavy atom. The largest absolute Gasteiger partial charge is 0.396 e. The summed E-state index contributed by atoms with van der Waals surface area (Å²) in [6.07, 6.45) is 4.17. The number of anilines is 1. The quantitative estimate of drug-likeness (QED) is 0.569. The smallest absolute Gasteiger partial charge is 0.153 e. The molecule has 2 nitrogen and oxygen atoms in total. The van der Waals surface area contributed by atoms with E-state index in [0.717, 1.165) is 6.29 Å². The van der Waals surface area contributed by atoms with E-state index >= 15 is 0 Å². The summed E-state index contributed by atoms with van der Waals surface area (Å²) in [6.45, 7) is 0. The molecule has 0 heterocycles. The van der Waals surface area contributed by atoms with E-state index < -0.39 is 5.82 Å². The Kier molecular flexibility index (Phi) is 3.20. The average Bonchev–Trinajstić information content (AvgIpc) is 2.13. The van der Waals surface area contributed by atoms with Crippen LogP contribution in [0.25, 0.3) is 6.08 Å². The number of aldehydes is 1. The molecule has 1 aromatic rings. The number of benzene rings is 1. The maximum absolute atomic E-state index is 13.2. The molecule has 68 valence electrons. The van der Waals surface area contributed by atoms with E-state index in [0.29, 0.717) is 5.56 Å². The second-order valence-corrected chi connectivity index (χ2v) is 2.56. The van der Waals surface area contributed by atoms with Crippen molar-refractivity contribution in [2.24, 2.45) is 0 Å². The van der Waals surface area contributed by atoms with Crippen molar-refractivity contribution in [3.63, 3.8) is 0 Å². The van der Waals surface area contributed by atoms with Gasteiger partial charge in [-0.05, 0) is 6.07 Å². The first-order valence-electron chi connectivity index (χ1n) is 3.90. The summed E-state index contributed by atoms with van der Waals surface area (Å²) < 4.78 is 13.2. The van der Waals surface area contributed by atoms with E-state index in [2.05, 4.69) is 0 Å². The second-order valence-electron chi connectivity index (χ2n) is 2.56. The minimum Gasteiger partial charge on any atom is -0.396 e. The molecule has 0 fully saturated rings. The summed E-state index contributed by atoms with van der Waals surface area (Å²) in [5.41, 5.74) is 5.87. The lowest BCUT2D eigenvalue weighted by molar-refractivity contribution is -0.107. The van der Waals surface area contributed by atoms with E-state index in [1.807, 2.05) is 0 Å². The normalized spacial score (nSPS) is 10.5. The van der Waals surface area contributed by atoms with Crippen LogP contribution < -0.4 is 5.73 Å². The maximum Gasteiger partial charge on any atom is 0.153 e. The summed E-state index contributed by atoms with van der Waals surface area (Å²) in [5, 5.41) is 0. The van der Waals surface area contributed by atoms with Gasteiger partial charge in [0.2, 0.25) is 0 Å². The molecule has 0 aliphatic heterocycles. The van der Waals surface area contributed by atoms with E-state index in [1.54, 1.807) is 24.3 Å². The summed E-state index contributed by atoms with van der Waals surface area (Å²) in [5.74, 6) is -0.440. The highest BCUT2D eigenvalue weighted by Crippen LogP contribution is 2.15. The van der Waals surface area contributed by atoms with Crippen molar-refractivity contribution in [1.82, 2.24) is 0 Å². The number of carbonyl (C=O) groups is 1. The van der Waals surface area contributed by atoms with Crippen molar-refractivity contribution in [2.45, 2.75) is 6.42 Å². The zero-order valence-corrected chi connectivity index (χ0v) is 7.03. The van der Waals surface area contributed by atoms with Crippen LogP contribution in [-0.4, -0.2) is 6.29 Å². The van der Waals surface area contributed by atoms with Crippen LogP contribution in [0.1, 0.15) is 12.0 Å². The zero-order valence-electron chi connectivity index (χ0n) is 7.03. The van der Waals surface area contributed by atoms with E-state index in [1.165, 1.54) is 6.07 Å². The lowest BCUT2D eigenvalue weighted by Crippen LogP contribution is -1.92. The number of halogens is 1. The Balaban J connectivity index is 2.88. The van der Waals surface area contributed by atoms with Crippen LogP contribution in [0.15, 0.2) is 24.3 Å². The van der Waals surface area contributed by atoms with Gasteiger partial charge in [0, 0.05) is 12.0 Å². The van der Waals surface area contributed by atoms with E-state index in [4.69, 9.17) is 5.73 Å². The molecule has 0 spiro atoms. The van der Waals surface area contributed by atoms with E-state index in [-0.39, 0.29) is 12.1 Å². The van der Waals surface area contributed by atoms with Crippen molar-refractivity contribution in [3.8, 4) is 0 Å². The Morgan fingerprint density at radius 1 is 1.46 bits per heavy atom. The molecule has 0 radical (unpaired) electrons. The Hall–Kier alpha value is -1.64. The van der Waals surface area contributed by atoms with Gasteiger partial charge in [-0.15, -0.1) is 0 Å². The van der Waals surface area contributed by atoms with Crippen LogP contribution >= 0.6 is 0 Å². The van der Waals surface area contributed by atoms with Gasteiger partial charge in [-0.1, -0.05) is 24.3 Å². The topological polar surface area (TPSA) is 43.1 Å². The van der Waals surface area contributed by atoms with Crippen molar-refractivity contribution in [2.75, 3.05) is 5.73 Å². The number of hydrogen-bond acceptors (Lipinski definition) is 2. The highest BCUT2D eigenvalue weighted by molar-refractivity contribution is 5.60. The van der Waals surface area contributed by atoms with Crippen LogP contribution in [0.5, 0.6) is 0 Å². The monoisotopic (exact) mass is 179 g/mol. The molecule has 0 atom stereocenters. The van der Waals surface area contributed by atoms with Crippen molar-refractivity contribution < 1.29 is 9.18 Å². The molecule has 1 rings (SSSR count). The van der Waals surface area contributed by atoms with Crippen molar-refractivity contribution in [3.05, 3.63) is 35.7 Å². The van der Waals surface area contributed by atoms with Gasteiger partial charge in [0.25, 0.3) is 0 Å². The Morgan fingerprint density at radius 2 is 2.23 bits per heavy atom. The number of hydrogen-bond donors (Lipinski definition) is 1. The van der Waals surface area contributed by atoms with Crippen molar-refractivity contribution in [1.29, 1.82) is 0 Å². The Bertz CT molecular complexity index is 334. The fourth-order valence-corrected chi connectivity index (χ4v) is 0.948. The summed E-state index contributed by atoms with van der Waals surface area (Å²) in [7, 11) is 0. The predicted octanol–water partition coefficient (Wildman–Crippen LogP) is 2.01. The summed E-state index contributed by atoms with van der Waals surface area (Å²) in [6, 6.07) is 4.76. The highest BCUT2D eigenvalue weighted by Gasteiger charge is 2.00. The molecule has 0 amide bonds. The minimum absolute atomic E-state index is 0.119. The van der Waals surface area contributed by atoms with Gasteiger partial charge >= 0.3 is 0 Å². The zero-order chi connectivity index (χ0) is 9.68. The van der Waals surface area contributed by atoms with E-state index in [9.17, 15) is 9.18 Å². The molecular weight excluding hydrogens is 169 g/mol. The number of carbonyl (C=O) groups excluding carboxylic acids is 1. The standard InChI is InChI=1S/C10H10FNO/c11-10-8(4-1-2-7-13)5-3-6-9(10)12/h1,3-7H,2,12H2. The third-order valence-electron chi connectivity index (χ3n) is 1.59. The third kappa shape index (κ3) is 2.40. The van der Waals surface area contributed by atoms with Gasteiger partial charge in [0.05, 0.1) is 5.69 Å². The van der Waals surface area contributed by atoms with Crippen LogP contribution in [0.2, 0.25) is 0 Å². The van der Waals surface area contributed by atoms with Crippen molar-refractivity contribution >= 4 is 18.0 Å². The van der Waals surface area contributed by atoms with Gasteiger partial charge < -0.3 is 10.5 Å². The second kappa shape index (κ2) is 4.40. The van der Waals surface area contributed by atoms with Crippen LogP contribution in [0.3, 0.4) is 0 Å². The molecule has 13 heavy (non-hydrogen) atoms. The van der Waals surface area contributed by atoms with Gasteiger partial charge in [0.15, 0.2) is 5.82 Å². The fourth-order valence-electron chi connectivity index (χ4n) is 0.948. The van der Waals surface area contributed by atoms with Gasteiger partial charge in [-0.2, -0.15) is 0 Å². The molecule has 0 aliphatic carbocycles. The fraction of sp³-hybridized carbons (Fsp3) is 0.100. The van der Waals surface area contributed by atoms with Gasteiger partial charge in [0.1, 0.15) is 6.29 Å². The van der Waals surface area contributed by atoms with Crippen LogP contribution in [-0.2, 0) is 4.79 Å². The van der Waals surface area contributed by atoms with Crippen LogP contribution in [0.4, 0.5) is 10.1 Å². The first-order valence-corrected chi connectivity index (χ1v) is 3.90. The summed E-state index contributed by atoms with van der Waals surface area (Å²) >= 11 is 0. The molecule has 0 aromatic heterocycles. The Labute approximate surface area is 75.9 Å². The maximum atomic E-state index is 13.2. The number of rotatable bonds is 3. The first kappa shape index (κ1) is 9.45. The molecule has 0 saturated heterocycles. The molecule has 2 N–H and O–H groups in total. The van der Waals surface area contributed by atoms with Gasteiger partial charge in [-0.25, -0.2) is 4.39 Å². The third-order valence-corrected chi connectivity index (χ3v) is 1.59.